The summed E-state index contributed by atoms with van der Waals surface area (Å²) in [6, 6.07) is 15.9. The number of benzene rings is 2. The minimum absolute atomic E-state index is 0.0815. The van der Waals surface area contributed by atoms with Gasteiger partial charge in [-0.25, -0.2) is 4.79 Å². The zero-order valence-corrected chi connectivity index (χ0v) is 29.5. The summed E-state index contributed by atoms with van der Waals surface area (Å²) >= 11 is 6.28. The van der Waals surface area contributed by atoms with E-state index in [-0.39, 0.29) is 11.5 Å². The lowest BCUT2D eigenvalue weighted by Gasteiger charge is -2.47. The van der Waals surface area contributed by atoms with Crippen molar-refractivity contribution in [1.29, 1.82) is 0 Å². The zero-order valence-electron chi connectivity index (χ0n) is 28.7. The molecule has 1 unspecified atom stereocenters. The fourth-order valence-corrected chi connectivity index (χ4v) is 9.18. The maximum atomic E-state index is 12.9. The molecule has 7 rings (SSSR count). The highest BCUT2D eigenvalue weighted by Gasteiger charge is 2.54. The standard InChI is InChI=1S/C40H49ClN2O6/c1-26(23-49-36-11-16-42-35-8-3-5-27(2)37(35)36)19-29-20-28-9-10-32(48-25-33-24-46-17-18-47-33)22-34(28)39(29)12-14-40(15-13-39,38(44)45)43-31-7-4-6-30(41)21-31/h4,6-7,9-11,16,21-22,26-27,29,33,43H,3,5,8,12-15,17-20,23-25H2,1-2H3,(H,44,45)/t26-,27-,29?,33-,39?,40?/m1/s1. The van der Waals surface area contributed by atoms with Crippen LogP contribution in [0.2, 0.25) is 5.02 Å². The van der Waals surface area contributed by atoms with Crippen LogP contribution in [-0.4, -0.2) is 60.7 Å². The molecule has 1 aliphatic heterocycles. The third-order valence-electron chi connectivity index (χ3n) is 11.6. The minimum Gasteiger partial charge on any atom is -0.493 e. The smallest absolute Gasteiger partial charge is 0.329 e. The number of anilines is 1. The van der Waals surface area contributed by atoms with E-state index in [0.717, 1.165) is 49.3 Å². The van der Waals surface area contributed by atoms with Gasteiger partial charge in [-0.2, -0.15) is 0 Å². The van der Waals surface area contributed by atoms with Gasteiger partial charge < -0.3 is 29.4 Å². The first-order valence-corrected chi connectivity index (χ1v) is 18.5. The Kier molecular flexibility index (Phi) is 10.1. The van der Waals surface area contributed by atoms with Gasteiger partial charge in [0.1, 0.15) is 29.7 Å². The molecule has 0 bridgehead atoms. The van der Waals surface area contributed by atoms with Crippen molar-refractivity contribution in [3.05, 3.63) is 82.1 Å². The molecule has 262 valence electrons. The maximum absolute atomic E-state index is 12.9. The number of aryl methyl sites for hydroxylation is 1. The van der Waals surface area contributed by atoms with Crippen LogP contribution < -0.4 is 14.8 Å². The van der Waals surface area contributed by atoms with Crippen LogP contribution in [0.3, 0.4) is 0 Å². The van der Waals surface area contributed by atoms with E-state index >= 15 is 0 Å². The summed E-state index contributed by atoms with van der Waals surface area (Å²) in [4.78, 5) is 17.6. The average Bonchev–Trinajstić information content (AvgIpc) is 3.39. The molecule has 1 spiro atoms. The Hall–Kier alpha value is -3.33. The van der Waals surface area contributed by atoms with E-state index in [4.69, 9.17) is 30.5 Å². The van der Waals surface area contributed by atoms with E-state index in [1.165, 1.54) is 35.2 Å². The van der Waals surface area contributed by atoms with Gasteiger partial charge in [0.15, 0.2) is 0 Å². The number of carboxylic acids is 1. The Morgan fingerprint density at radius 1 is 1.12 bits per heavy atom. The van der Waals surface area contributed by atoms with Gasteiger partial charge in [0.05, 0.1) is 26.4 Å². The van der Waals surface area contributed by atoms with E-state index in [2.05, 4.69) is 42.3 Å². The molecule has 4 aliphatic rings. The van der Waals surface area contributed by atoms with Crippen LogP contribution >= 0.6 is 11.6 Å². The Bertz CT molecular complexity index is 1630. The predicted octanol–water partition coefficient (Wildman–Crippen LogP) is 7.99. The first kappa shape index (κ1) is 34.1. The van der Waals surface area contributed by atoms with Crippen molar-refractivity contribution in [2.75, 3.05) is 38.4 Å². The highest BCUT2D eigenvalue weighted by molar-refractivity contribution is 6.30. The number of hydrogen-bond acceptors (Lipinski definition) is 7. The summed E-state index contributed by atoms with van der Waals surface area (Å²) in [7, 11) is 0. The van der Waals surface area contributed by atoms with Crippen molar-refractivity contribution in [2.45, 2.75) is 94.6 Å². The van der Waals surface area contributed by atoms with Crippen LogP contribution in [0.5, 0.6) is 11.5 Å². The Morgan fingerprint density at radius 2 is 1.98 bits per heavy atom. The third-order valence-corrected chi connectivity index (χ3v) is 11.8. The molecule has 2 fully saturated rings. The number of carbonyl (C=O) groups is 1. The molecule has 2 aromatic carbocycles. The molecule has 2 N–H and O–H groups in total. The van der Waals surface area contributed by atoms with Crippen molar-refractivity contribution < 1.29 is 28.8 Å². The van der Waals surface area contributed by atoms with Crippen LogP contribution in [0.25, 0.3) is 0 Å². The summed E-state index contributed by atoms with van der Waals surface area (Å²) in [5, 5.41) is 14.6. The van der Waals surface area contributed by atoms with Gasteiger partial charge in [-0.1, -0.05) is 37.6 Å². The highest BCUT2D eigenvalue weighted by Crippen LogP contribution is 2.57. The van der Waals surface area contributed by atoms with Crippen molar-refractivity contribution in [1.82, 2.24) is 4.98 Å². The zero-order chi connectivity index (χ0) is 34.0. The lowest BCUT2D eigenvalue weighted by Crippen LogP contribution is -2.53. The molecule has 4 atom stereocenters. The second kappa shape index (κ2) is 14.5. The van der Waals surface area contributed by atoms with Crippen LogP contribution in [-0.2, 0) is 32.5 Å². The van der Waals surface area contributed by atoms with Gasteiger partial charge in [-0.05, 0) is 128 Å². The minimum atomic E-state index is -1.07. The maximum Gasteiger partial charge on any atom is 0.329 e. The number of aliphatic carboxylic acids is 1. The summed E-state index contributed by atoms with van der Waals surface area (Å²) < 4.78 is 24.2. The molecule has 1 aromatic heterocycles. The summed E-state index contributed by atoms with van der Waals surface area (Å²) in [6.07, 6.45) is 9.67. The van der Waals surface area contributed by atoms with Crippen LogP contribution in [0.15, 0.2) is 54.7 Å². The quantitative estimate of drug-likeness (QED) is 0.209. The summed E-state index contributed by atoms with van der Waals surface area (Å²) in [5.74, 6) is 2.12. The number of hydrogen-bond donors (Lipinski definition) is 2. The molecule has 1 saturated carbocycles. The number of pyridine rings is 1. The number of carboxylic acid groups (broad SMARTS) is 1. The van der Waals surface area contributed by atoms with Gasteiger partial charge in [-0.15, -0.1) is 0 Å². The highest BCUT2D eigenvalue weighted by atomic mass is 35.5. The Labute approximate surface area is 294 Å². The molecule has 8 nitrogen and oxygen atoms in total. The van der Waals surface area contributed by atoms with Crippen molar-refractivity contribution in [2.24, 2.45) is 11.8 Å². The first-order valence-electron chi connectivity index (χ1n) is 18.1. The largest absolute Gasteiger partial charge is 0.493 e. The lowest BCUT2D eigenvalue weighted by molar-refractivity contribution is -0.144. The number of halogens is 1. The van der Waals surface area contributed by atoms with Crippen molar-refractivity contribution in [3.63, 3.8) is 0 Å². The van der Waals surface area contributed by atoms with E-state index in [0.29, 0.717) is 68.7 Å². The number of aromatic nitrogens is 1. The van der Waals surface area contributed by atoms with E-state index in [1.807, 2.05) is 24.4 Å². The average molecular weight is 689 g/mol. The molecule has 2 heterocycles. The Morgan fingerprint density at radius 3 is 2.76 bits per heavy atom. The third kappa shape index (κ3) is 7.15. The van der Waals surface area contributed by atoms with E-state index < -0.39 is 11.5 Å². The number of ether oxygens (including phenoxy) is 4. The molecule has 0 amide bonds. The number of fused-ring (bicyclic) bond motifs is 3. The summed E-state index contributed by atoms with van der Waals surface area (Å²) in [6.45, 7) is 7.39. The SMILES string of the molecule is C[C@@H](COc1ccnc2c1[C@H](C)CCC2)CC1Cc2ccc(OC[C@H]3COCCO3)cc2C12CCC(Nc1cccc(Cl)c1)(C(=O)O)CC2. The van der Waals surface area contributed by atoms with Gasteiger partial charge in [0.25, 0.3) is 0 Å². The molecule has 1 saturated heterocycles. The van der Waals surface area contributed by atoms with Crippen LogP contribution in [0.4, 0.5) is 5.69 Å². The van der Waals surface area contributed by atoms with Gasteiger partial charge in [-0.3, -0.25) is 4.98 Å². The molecule has 9 heteroatoms. The van der Waals surface area contributed by atoms with Crippen molar-refractivity contribution in [3.8, 4) is 11.5 Å². The number of nitrogens with zero attached hydrogens (tertiary/aromatic N) is 1. The van der Waals surface area contributed by atoms with E-state index in [1.54, 1.807) is 12.1 Å². The van der Waals surface area contributed by atoms with Gasteiger partial charge >= 0.3 is 5.97 Å². The van der Waals surface area contributed by atoms with Gasteiger partial charge in [0.2, 0.25) is 0 Å². The monoisotopic (exact) mass is 688 g/mol. The predicted molar refractivity (Wildman–Crippen MR) is 190 cm³/mol. The topological polar surface area (TPSA) is 99.1 Å². The molecule has 0 radical (unpaired) electrons. The first-order chi connectivity index (χ1) is 23.7. The second-order valence-corrected chi connectivity index (χ2v) is 15.3. The van der Waals surface area contributed by atoms with E-state index in [9.17, 15) is 9.90 Å². The van der Waals surface area contributed by atoms with Crippen molar-refractivity contribution >= 4 is 23.3 Å². The summed E-state index contributed by atoms with van der Waals surface area (Å²) in [5.41, 5.74) is 4.62. The van der Waals surface area contributed by atoms with Crippen LogP contribution in [0.1, 0.15) is 87.1 Å². The normalized spacial score (nSPS) is 28.3. The molecular weight excluding hydrogens is 640 g/mol. The molecule has 49 heavy (non-hydrogen) atoms. The Balaban J connectivity index is 1.12. The fraction of sp³-hybridized carbons (Fsp3) is 0.550. The fourth-order valence-electron chi connectivity index (χ4n) is 8.99. The molecule has 3 aliphatic carbocycles. The molecular formula is C40H49ClN2O6. The number of rotatable bonds is 11. The van der Waals surface area contributed by atoms with Crippen LogP contribution in [0, 0.1) is 11.8 Å². The molecule has 3 aromatic rings. The number of nitrogens with one attached hydrogen (secondary N) is 1. The second-order valence-electron chi connectivity index (χ2n) is 14.9. The lowest BCUT2D eigenvalue weighted by atomic mass is 9.59. The van der Waals surface area contributed by atoms with Gasteiger partial charge in [0, 0.05) is 28.2 Å².